The van der Waals surface area contributed by atoms with Crippen molar-refractivity contribution in [1.82, 2.24) is 9.97 Å². The van der Waals surface area contributed by atoms with Crippen LogP contribution in [0.5, 0.6) is 0 Å². The molecule has 0 atom stereocenters. The van der Waals surface area contributed by atoms with Crippen LogP contribution in [0.2, 0.25) is 0 Å². The Morgan fingerprint density at radius 3 is 2.45 bits per heavy atom. The quantitative estimate of drug-likeness (QED) is 0.615. The molecule has 2 N–H and O–H groups in total. The van der Waals surface area contributed by atoms with Gasteiger partial charge in [-0.15, -0.1) is 0 Å². The molecule has 0 spiro atoms. The number of nitrogens with zero attached hydrogens (tertiary/aromatic N) is 2. The van der Waals surface area contributed by atoms with Gasteiger partial charge in [0.05, 0.1) is 23.9 Å². The monoisotopic (exact) mass is 390 g/mol. The van der Waals surface area contributed by atoms with Gasteiger partial charge in [0.15, 0.2) is 0 Å². The average Bonchev–Trinajstić information content (AvgIpc) is 2.75. The maximum Gasteiger partial charge on any atom is 0.339 e. The van der Waals surface area contributed by atoms with E-state index in [9.17, 15) is 9.59 Å². The second kappa shape index (κ2) is 8.97. The number of para-hydroxylation sites is 2. The van der Waals surface area contributed by atoms with Crippen LogP contribution in [0.25, 0.3) is 0 Å². The molecule has 0 aliphatic heterocycles. The van der Waals surface area contributed by atoms with Crippen molar-refractivity contribution in [3.8, 4) is 0 Å². The van der Waals surface area contributed by atoms with E-state index in [1.807, 2.05) is 32.0 Å². The Bertz CT molecular complexity index is 1030. The Labute approximate surface area is 169 Å². The number of ether oxygens (including phenoxy) is 1. The highest BCUT2D eigenvalue weighted by molar-refractivity contribution is 6.04. The third-order valence-corrected chi connectivity index (χ3v) is 4.47. The smallest absolute Gasteiger partial charge is 0.339 e. The Hall–Kier alpha value is -3.74. The van der Waals surface area contributed by atoms with Gasteiger partial charge in [0.25, 0.3) is 5.91 Å². The molecule has 1 aromatic heterocycles. The van der Waals surface area contributed by atoms with E-state index in [0.717, 1.165) is 23.2 Å². The molecule has 0 aliphatic rings. The zero-order valence-corrected chi connectivity index (χ0v) is 16.5. The lowest BCUT2D eigenvalue weighted by atomic mass is 10.1. The summed E-state index contributed by atoms with van der Waals surface area (Å²) in [6.45, 7) is 4.00. The highest BCUT2D eigenvalue weighted by atomic mass is 16.5. The van der Waals surface area contributed by atoms with E-state index >= 15 is 0 Å². The molecule has 0 aliphatic carbocycles. The summed E-state index contributed by atoms with van der Waals surface area (Å²) in [5.41, 5.74) is 4.10. The zero-order chi connectivity index (χ0) is 20.8. The summed E-state index contributed by atoms with van der Waals surface area (Å²) < 4.78 is 4.78. The molecule has 3 rings (SSSR count). The molecule has 1 heterocycles. The zero-order valence-electron chi connectivity index (χ0n) is 16.5. The number of carbonyl (C=O) groups excluding carboxylic acids is 2. The number of aromatic nitrogens is 2. The van der Waals surface area contributed by atoms with E-state index in [2.05, 4.69) is 20.6 Å². The van der Waals surface area contributed by atoms with Gasteiger partial charge in [0.2, 0.25) is 5.95 Å². The van der Waals surface area contributed by atoms with Crippen molar-refractivity contribution in [2.24, 2.45) is 0 Å². The predicted octanol–water partition coefficient (Wildman–Crippen LogP) is 4.13. The molecule has 7 heteroatoms. The average molecular weight is 390 g/mol. The predicted molar refractivity (Wildman–Crippen MR) is 112 cm³/mol. The van der Waals surface area contributed by atoms with Gasteiger partial charge in [-0.25, -0.2) is 14.8 Å². The second-order valence-corrected chi connectivity index (χ2v) is 6.37. The number of rotatable bonds is 6. The molecular formula is C22H22N4O3. The third-order valence-electron chi connectivity index (χ3n) is 4.47. The lowest BCUT2D eigenvalue weighted by Crippen LogP contribution is -2.15. The van der Waals surface area contributed by atoms with Gasteiger partial charge >= 0.3 is 5.97 Å². The normalized spacial score (nSPS) is 10.3. The van der Waals surface area contributed by atoms with E-state index in [-0.39, 0.29) is 11.9 Å². The van der Waals surface area contributed by atoms with Crippen LogP contribution in [0.3, 0.4) is 0 Å². The van der Waals surface area contributed by atoms with Crippen molar-refractivity contribution in [2.45, 2.75) is 20.3 Å². The van der Waals surface area contributed by atoms with E-state index in [4.69, 9.17) is 4.74 Å². The van der Waals surface area contributed by atoms with Gasteiger partial charge in [0, 0.05) is 18.1 Å². The number of hydrogen-bond donors (Lipinski definition) is 2. The first kappa shape index (κ1) is 20.0. The topological polar surface area (TPSA) is 93.2 Å². The van der Waals surface area contributed by atoms with Crippen molar-refractivity contribution in [2.75, 3.05) is 17.7 Å². The Balaban J connectivity index is 1.76. The minimum absolute atomic E-state index is 0.267. The molecule has 0 bridgehead atoms. The Morgan fingerprint density at radius 1 is 1.03 bits per heavy atom. The van der Waals surface area contributed by atoms with Crippen molar-refractivity contribution in [3.05, 3.63) is 77.1 Å². The van der Waals surface area contributed by atoms with Crippen LogP contribution in [0, 0.1) is 6.92 Å². The molecule has 0 saturated carbocycles. The van der Waals surface area contributed by atoms with Crippen molar-refractivity contribution >= 4 is 29.2 Å². The van der Waals surface area contributed by atoms with Crippen LogP contribution in [0.1, 0.15) is 38.8 Å². The lowest BCUT2D eigenvalue weighted by molar-refractivity contribution is 0.0601. The van der Waals surface area contributed by atoms with Crippen molar-refractivity contribution in [1.29, 1.82) is 0 Å². The summed E-state index contributed by atoms with van der Waals surface area (Å²) in [5.74, 6) is -0.479. The highest BCUT2D eigenvalue weighted by Crippen LogP contribution is 2.22. The number of benzene rings is 2. The number of amides is 1. The Kier molecular flexibility index (Phi) is 6.19. The summed E-state index contributed by atoms with van der Waals surface area (Å²) >= 11 is 0. The van der Waals surface area contributed by atoms with E-state index < -0.39 is 5.97 Å². The minimum atomic E-state index is -0.464. The molecule has 7 nitrogen and oxygen atoms in total. The lowest BCUT2D eigenvalue weighted by Gasteiger charge is -2.13. The van der Waals surface area contributed by atoms with E-state index in [0.29, 0.717) is 16.8 Å². The molecule has 0 radical (unpaired) electrons. The fourth-order valence-corrected chi connectivity index (χ4v) is 2.90. The number of nitrogens with one attached hydrogen (secondary N) is 2. The first-order valence-electron chi connectivity index (χ1n) is 9.19. The summed E-state index contributed by atoms with van der Waals surface area (Å²) in [4.78, 5) is 32.9. The summed E-state index contributed by atoms with van der Waals surface area (Å²) in [6, 6.07) is 12.8. The van der Waals surface area contributed by atoms with Crippen LogP contribution in [0.15, 0.2) is 54.9 Å². The number of aryl methyl sites for hydroxylation is 2. The van der Waals surface area contributed by atoms with Crippen LogP contribution < -0.4 is 10.6 Å². The maximum absolute atomic E-state index is 12.6. The molecule has 29 heavy (non-hydrogen) atoms. The van der Waals surface area contributed by atoms with Crippen molar-refractivity contribution < 1.29 is 14.3 Å². The SMILES string of the molecule is CCc1cccc(C)c1NC(=O)c1cnc(Nc2ccccc2C(=O)OC)nc1. The van der Waals surface area contributed by atoms with Gasteiger partial charge < -0.3 is 15.4 Å². The molecule has 1 amide bonds. The van der Waals surface area contributed by atoms with Gasteiger partial charge in [-0.2, -0.15) is 0 Å². The molecule has 2 aromatic carbocycles. The standard InChI is InChI=1S/C22H22N4O3/c1-4-15-9-7-8-14(2)19(15)26-20(27)16-12-23-22(24-13-16)25-18-11-6-5-10-17(18)21(28)29-3/h5-13H,4H2,1-3H3,(H,26,27)(H,23,24,25). The number of esters is 1. The third kappa shape index (κ3) is 4.57. The minimum Gasteiger partial charge on any atom is -0.465 e. The van der Waals surface area contributed by atoms with Crippen LogP contribution in [-0.2, 0) is 11.2 Å². The van der Waals surface area contributed by atoms with Crippen molar-refractivity contribution in [3.63, 3.8) is 0 Å². The summed E-state index contributed by atoms with van der Waals surface area (Å²) in [6.07, 6.45) is 3.70. The number of hydrogen-bond acceptors (Lipinski definition) is 6. The summed E-state index contributed by atoms with van der Waals surface area (Å²) in [5, 5.41) is 5.92. The number of anilines is 3. The molecule has 3 aromatic rings. The molecule has 148 valence electrons. The highest BCUT2D eigenvalue weighted by Gasteiger charge is 2.14. The molecule has 0 fully saturated rings. The molecule has 0 unspecified atom stereocenters. The van der Waals surface area contributed by atoms with Crippen LogP contribution >= 0.6 is 0 Å². The second-order valence-electron chi connectivity index (χ2n) is 6.37. The van der Waals surface area contributed by atoms with Gasteiger partial charge in [0.1, 0.15) is 0 Å². The fraction of sp³-hybridized carbons (Fsp3) is 0.182. The van der Waals surface area contributed by atoms with Crippen LogP contribution in [-0.4, -0.2) is 29.0 Å². The largest absolute Gasteiger partial charge is 0.465 e. The fourth-order valence-electron chi connectivity index (χ4n) is 2.90. The van der Waals surface area contributed by atoms with Gasteiger partial charge in [-0.05, 0) is 36.6 Å². The van der Waals surface area contributed by atoms with Gasteiger partial charge in [-0.1, -0.05) is 37.3 Å². The van der Waals surface area contributed by atoms with E-state index in [1.54, 1.807) is 24.3 Å². The number of methoxy groups -OCH3 is 1. The van der Waals surface area contributed by atoms with Gasteiger partial charge in [-0.3, -0.25) is 4.79 Å². The summed E-state index contributed by atoms with van der Waals surface area (Å²) in [7, 11) is 1.32. The van der Waals surface area contributed by atoms with E-state index in [1.165, 1.54) is 19.5 Å². The number of carbonyl (C=O) groups is 2. The first-order chi connectivity index (χ1) is 14.0. The Morgan fingerprint density at radius 2 is 1.76 bits per heavy atom. The first-order valence-corrected chi connectivity index (χ1v) is 9.19. The van der Waals surface area contributed by atoms with Crippen LogP contribution in [0.4, 0.5) is 17.3 Å². The maximum atomic E-state index is 12.6. The molecule has 0 saturated heterocycles. The molecular weight excluding hydrogens is 368 g/mol.